The third-order valence-corrected chi connectivity index (χ3v) is 4.54. The summed E-state index contributed by atoms with van der Waals surface area (Å²) in [7, 11) is 1.65. The standard InChI is InChI=1S/C16H18ClFN6O/c1-10-9-24(16(25)19-15-20-21-22-23(15)2)7-6-11(10)8-12-4-3-5-13(17)14(12)18/h3-5,8,10H,6-7,9H2,1-2H3,(H,19,20,22,25). The van der Waals surface area contributed by atoms with Gasteiger partial charge in [-0.1, -0.05) is 47.4 Å². The minimum Gasteiger partial charge on any atom is -0.324 e. The monoisotopic (exact) mass is 364 g/mol. The van der Waals surface area contributed by atoms with Crippen LogP contribution in [0.3, 0.4) is 0 Å². The average molecular weight is 365 g/mol. The number of carbonyl (C=O) groups excluding carboxylic acids is 1. The number of urea groups is 1. The molecule has 132 valence electrons. The van der Waals surface area contributed by atoms with Crippen LogP contribution in [0.25, 0.3) is 6.08 Å². The first-order valence-corrected chi connectivity index (χ1v) is 8.26. The molecule has 1 fully saturated rings. The highest BCUT2D eigenvalue weighted by Crippen LogP contribution is 2.27. The van der Waals surface area contributed by atoms with Crippen LogP contribution >= 0.6 is 11.6 Å². The van der Waals surface area contributed by atoms with Crippen molar-refractivity contribution in [1.82, 2.24) is 25.1 Å². The fourth-order valence-corrected chi connectivity index (χ4v) is 2.97. The van der Waals surface area contributed by atoms with Crippen LogP contribution in [0.1, 0.15) is 18.9 Å². The number of hydrogen-bond acceptors (Lipinski definition) is 4. The topological polar surface area (TPSA) is 75.9 Å². The summed E-state index contributed by atoms with van der Waals surface area (Å²) in [6, 6.07) is 4.69. The second-order valence-electron chi connectivity index (χ2n) is 6.02. The van der Waals surface area contributed by atoms with Gasteiger partial charge in [-0.05, 0) is 28.8 Å². The van der Waals surface area contributed by atoms with E-state index in [1.807, 2.05) is 13.0 Å². The number of amides is 2. The third-order valence-electron chi connectivity index (χ3n) is 4.25. The molecule has 0 bridgehead atoms. The summed E-state index contributed by atoms with van der Waals surface area (Å²) >= 11 is 5.83. The first kappa shape index (κ1) is 17.3. The van der Waals surface area contributed by atoms with E-state index in [1.165, 1.54) is 10.7 Å². The number of rotatable bonds is 2. The molecule has 1 unspecified atom stereocenters. The molecule has 1 aromatic heterocycles. The Hall–Kier alpha value is -2.48. The molecule has 1 atom stereocenters. The maximum Gasteiger partial charge on any atom is 0.324 e. The molecule has 7 nitrogen and oxygen atoms in total. The van der Waals surface area contributed by atoms with Gasteiger partial charge in [0.1, 0.15) is 5.82 Å². The zero-order valence-electron chi connectivity index (χ0n) is 13.9. The van der Waals surface area contributed by atoms with E-state index in [2.05, 4.69) is 20.8 Å². The van der Waals surface area contributed by atoms with E-state index in [1.54, 1.807) is 24.1 Å². The van der Waals surface area contributed by atoms with Gasteiger partial charge in [0.2, 0.25) is 0 Å². The van der Waals surface area contributed by atoms with Gasteiger partial charge in [-0.3, -0.25) is 5.32 Å². The molecule has 9 heteroatoms. The van der Waals surface area contributed by atoms with Crippen LogP contribution in [0, 0.1) is 11.7 Å². The lowest BCUT2D eigenvalue weighted by Crippen LogP contribution is -2.42. The summed E-state index contributed by atoms with van der Waals surface area (Å²) in [5, 5.41) is 13.7. The van der Waals surface area contributed by atoms with E-state index in [0.717, 1.165) is 5.57 Å². The number of aryl methyl sites for hydroxylation is 1. The highest BCUT2D eigenvalue weighted by molar-refractivity contribution is 6.30. The molecule has 1 N–H and O–H groups in total. The van der Waals surface area contributed by atoms with Gasteiger partial charge in [0.05, 0.1) is 5.02 Å². The van der Waals surface area contributed by atoms with E-state index >= 15 is 0 Å². The Balaban J connectivity index is 1.68. The smallest absolute Gasteiger partial charge is 0.324 e. The zero-order valence-corrected chi connectivity index (χ0v) is 14.7. The third kappa shape index (κ3) is 3.79. The lowest BCUT2D eigenvalue weighted by atomic mass is 9.91. The fourth-order valence-electron chi connectivity index (χ4n) is 2.79. The molecule has 1 saturated heterocycles. The van der Waals surface area contributed by atoms with Crippen molar-refractivity contribution in [1.29, 1.82) is 0 Å². The number of nitrogens with zero attached hydrogens (tertiary/aromatic N) is 5. The first-order valence-electron chi connectivity index (χ1n) is 7.88. The summed E-state index contributed by atoms with van der Waals surface area (Å²) in [6.07, 6.45) is 2.49. The molecule has 1 aromatic carbocycles. The summed E-state index contributed by atoms with van der Waals surface area (Å²) in [6.45, 7) is 3.08. The SMILES string of the molecule is CC1CN(C(=O)Nc2nnnn2C)CCC1=Cc1cccc(Cl)c1F. The van der Waals surface area contributed by atoms with Gasteiger partial charge in [-0.25, -0.2) is 13.9 Å². The molecule has 0 spiro atoms. The quantitative estimate of drug-likeness (QED) is 0.888. The fraction of sp³-hybridized carbons (Fsp3) is 0.375. The van der Waals surface area contributed by atoms with Gasteiger partial charge >= 0.3 is 6.03 Å². The van der Waals surface area contributed by atoms with E-state index < -0.39 is 5.82 Å². The van der Waals surface area contributed by atoms with Gasteiger partial charge in [0.15, 0.2) is 0 Å². The minimum absolute atomic E-state index is 0.107. The van der Waals surface area contributed by atoms with Gasteiger partial charge in [0, 0.05) is 25.7 Å². The Morgan fingerprint density at radius 2 is 2.28 bits per heavy atom. The van der Waals surface area contributed by atoms with Crippen LogP contribution in [0.15, 0.2) is 23.8 Å². The Morgan fingerprint density at radius 1 is 1.48 bits per heavy atom. The number of nitrogens with one attached hydrogen (secondary N) is 1. The lowest BCUT2D eigenvalue weighted by molar-refractivity contribution is 0.197. The second kappa shape index (κ2) is 7.18. The number of hydrogen-bond donors (Lipinski definition) is 1. The molecule has 0 radical (unpaired) electrons. The molecule has 25 heavy (non-hydrogen) atoms. The Bertz CT molecular complexity index is 821. The first-order chi connectivity index (χ1) is 12.0. The predicted molar refractivity (Wildman–Crippen MR) is 92.6 cm³/mol. The Kier molecular flexibility index (Phi) is 4.98. The van der Waals surface area contributed by atoms with Gasteiger partial charge in [0.25, 0.3) is 5.95 Å². The highest BCUT2D eigenvalue weighted by Gasteiger charge is 2.25. The van der Waals surface area contributed by atoms with Crippen LogP contribution in [-0.4, -0.2) is 44.2 Å². The van der Waals surface area contributed by atoms with Crippen LogP contribution in [-0.2, 0) is 7.05 Å². The molecule has 3 rings (SSSR count). The van der Waals surface area contributed by atoms with Crippen molar-refractivity contribution < 1.29 is 9.18 Å². The van der Waals surface area contributed by atoms with Crippen LogP contribution in [0.4, 0.5) is 15.1 Å². The maximum atomic E-state index is 14.1. The normalized spacial score (nSPS) is 19.3. The van der Waals surface area contributed by atoms with Crippen molar-refractivity contribution in [2.24, 2.45) is 13.0 Å². The van der Waals surface area contributed by atoms with Crippen molar-refractivity contribution in [3.05, 3.63) is 40.2 Å². The highest BCUT2D eigenvalue weighted by atomic mass is 35.5. The summed E-state index contributed by atoms with van der Waals surface area (Å²) in [5.74, 6) is -0.0192. The van der Waals surface area contributed by atoms with Gasteiger partial charge in [-0.2, -0.15) is 0 Å². The molecule has 1 aliphatic rings. The van der Waals surface area contributed by atoms with Crippen LogP contribution in [0.2, 0.25) is 5.02 Å². The molecule has 1 aliphatic heterocycles. The average Bonchev–Trinajstić information content (AvgIpc) is 2.98. The van der Waals surface area contributed by atoms with Crippen molar-refractivity contribution in [2.75, 3.05) is 18.4 Å². The maximum absolute atomic E-state index is 14.1. The van der Waals surface area contributed by atoms with E-state index in [4.69, 9.17) is 11.6 Å². The van der Waals surface area contributed by atoms with Gasteiger partial charge < -0.3 is 4.90 Å². The second-order valence-corrected chi connectivity index (χ2v) is 6.42. The molecule has 0 saturated carbocycles. The summed E-state index contributed by atoms with van der Waals surface area (Å²) < 4.78 is 15.5. The van der Waals surface area contributed by atoms with E-state index in [9.17, 15) is 9.18 Å². The summed E-state index contributed by atoms with van der Waals surface area (Å²) in [5.41, 5.74) is 1.56. The number of piperidine rings is 1. The molecule has 0 aliphatic carbocycles. The molecule has 2 amide bonds. The Morgan fingerprint density at radius 3 is 2.96 bits per heavy atom. The number of carbonyl (C=O) groups is 1. The zero-order chi connectivity index (χ0) is 18.0. The number of likely N-dealkylation sites (tertiary alicyclic amines) is 1. The lowest BCUT2D eigenvalue weighted by Gasteiger charge is -2.33. The number of benzene rings is 1. The van der Waals surface area contributed by atoms with E-state index in [-0.39, 0.29) is 17.0 Å². The van der Waals surface area contributed by atoms with Crippen molar-refractivity contribution in [3.8, 4) is 0 Å². The van der Waals surface area contributed by atoms with Crippen molar-refractivity contribution in [3.63, 3.8) is 0 Å². The number of halogens is 2. The molecular weight excluding hydrogens is 347 g/mol. The van der Waals surface area contributed by atoms with Crippen LogP contribution in [0.5, 0.6) is 0 Å². The molecule has 2 aromatic rings. The number of anilines is 1. The van der Waals surface area contributed by atoms with E-state index in [0.29, 0.717) is 31.0 Å². The summed E-state index contributed by atoms with van der Waals surface area (Å²) in [4.78, 5) is 14.0. The van der Waals surface area contributed by atoms with Crippen molar-refractivity contribution in [2.45, 2.75) is 13.3 Å². The predicted octanol–water partition coefficient (Wildman–Crippen LogP) is 2.96. The number of tetrazole rings is 1. The Labute approximate surface area is 149 Å². The van der Waals surface area contributed by atoms with Crippen molar-refractivity contribution >= 4 is 29.7 Å². The molecular formula is C16H18ClFN6O. The van der Waals surface area contributed by atoms with Gasteiger partial charge in [-0.15, -0.1) is 0 Å². The largest absolute Gasteiger partial charge is 0.324 e. The minimum atomic E-state index is -0.418. The van der Waals surface area contributed by atoms with Crippen LogP contribution < -0.4 is 5.32 Å². The molecule has 2 heterocycles. The number of aromatic nitrogens is 4.